The number of sulfonamides is 1. The maximum atomic E-state index is 12.3. The Labute approximate surface area is 135 Å². The second kappa shape index (κ2) is 6.13. The Morgan fingerprint density at radius 2 is 1.85 bits per heavy atom. The smallest absolute Gasteiger partial charge is 0.322 e. The van der Waals surface area contributed by atoms with Crippen LogP contribution in [0, 0.1) is 5.41 Å². The van der Waals surface area contributed by atoms with E-state index < -0.39 is 27.4 Å². The summed E-state index contributed by atoms with van der Waals surface area (Å²) in [6, 6.07) is 3.34. The van der Waals surface area contributed by atoms with Crippen molar-refractivity contribution < 1.29 is 18.3 Å². The highest BCUT2D eigenvalue weighted by Crippen LogP contribution is 2.27. The van der Waals surface area contributed by atoms with Gasteiger partial charge < -0.3 is 5.11 Å². The molecule has 0 aliphatic heterocycles. The zero-order chi connectivity index (χ0) is 15.7. The van der Waals surface area contributed by atoms with Gasteiger partial charge in [-0.25, -0.2) is 8.42 Å². The SMILES string of the molecule is CC(C)(C)[C@H](NS(=O)(=O)c1ccc(Br)cc1Br)C(=O)O. The van der Waals surface area contributed by atoms with E-state index in [1.54, 1.807) is 32.9 Å². The van der Waals surface area contributed by atoms with Gasteiger partial charge in [0.05, 0.1) is 4.90 Å². The molecule has 0 saturated heterocycles. The number of hydrogen-bond donors (Lipinski definition) is 2. The Bertz CT molecular complexity index is 623. The average molecular weight is 429 g/mol. The van der Waals surface area contributed by atoms with Gasteiger partial charge in [-0.1, -0.05) is 36.7 Å². The molecule has 1 rings (SSSR count). The van der Waals surface area contributed by atoms with Crippen molar-refractivity contribution in [2.75, 3.05) is 0 Å². The van der Waals surface area contributed by atoms with Gasteiger partial charge in [0.2, 0.25) is 10.0 Å². The molecule has 0 saturated carbocycles. The molecular weight excluding hydrogens is 414 g/mol. The quantitative estimate of drug-likeness (QED) is 0.771. The van der Waals surface area contributed by atoms with Gasteiger partial charge >= 0.3 is 5.97 Å². The number of carboxylic acids is 1. The summed E-state index contributed by atoms with van der Waals surface area (Å²) in [6.45, 7) is 4.97. The third kappa shape index (κ3) is 4.28. The number of carbonyl (C=O) groups is 1. The van der Waals surface area contributed by atoms with Crippen LogP contribution in [0.15, 0.2) is 32.0 Å². The molecule has 5 nitrogen and oxygen atoms in total. The van der Waals surface area contributed by atoms with E-state index >= 15 is 0 Å². The predicted octanol–water partition coefficient (Wildman–Crippen LogP) is 2.99. The first-order valence-corrected chi connectivity index (χ1v) is 8.72. The molecule has 0 aromatic heterocycles. The van der Waals surface area contributed by atoms with Gasteiger partial charge in [0.1, 0.15) is 6.04 Å². The molecule has 20 heavy (non-hydrogen) atoms. The molecule has 0 amide bonds. The Kier molecular flexibility index (Phi) is 5.40. The number of halogens is 2. The summed E-state index contributed by atoms with van der Waals surface area (Å²) in [5.74, 6) is -1.21. The fourth-order valence-corrected chi connectivity index (χ4v) is 4.65. The summed E-state index contributed by atoms with van der Waals surface area (Å²) in [5, 5.41) is 9.19. The Morgan fingerprint density at radius 3 is 2.25 bits per heavy atom. The first-order chi connectivity index (χ1) is 8.95. The lowest BCUT2D eigenvalue weighted by Gasteiger charge is -2.27. The summed E-state index contributed by atoms with van der Waals surface area (Å²) in [4.78, 5) is 11.2. The van der Waals surface area contributed by atoms with Crippen molar-refractivity contribution in [2.45, 2.75) is 31.7 Å². The molecule has 0 radical (unpaired) electrons. The van der Waals surface area contributed by atoms with Crippen molar-refractivity contribution in [2.24, 2.45) is 5.41 Å². The van der Waals surface area contributed by atoms with Crippen molar-refractivity contribution >= 4 is 47.9 Å². The molecule has 8 heteroatoms. The maximum Gasteiger partial charge on any atom is 0.322 e. The van der Waals surface area contributed by atoms with Gasteiger partial charge in [0, 0.05) is 8.95 Å². The molecule has 0 unspecified atom stereocenters. The molecule has 0 aliphatic carbocycles. The van der Waals surface area contributed by atoms with E-state index in [-0.39, 0.29) is 4.90 Å². The molecule has 1 aromatic rings. The van der Waals surface area contributed by atoms with Crippen LogP contribution in [-0.2, 0) is 14.8 Å². The summed E-state index contributed by atoms with van der Waals surface area (Å²) in [7, 11) is -3.93. The van der Waals surface area contributed by atoms with E-state index in [4.69, 9.17) is 0 Å². The zero-order valence-electron chi connectivity index (χ0n) is 11.1. The Balaban J connectivity index is 3.20. The summed E-state index contributed by atoms with van der Waals surface area (Å²) in [6.07, 6.45) is 0. The van der Waals surface area contributed by atoms with Crippen molar-refractivity contribution in [3.63, 3.8) is 0 Å². The van der Waals surface area contributed by atoms with Crippen LogP contribution in [0.1, 0.15) is 20.8 Å². The topological polar surface area (TPSA) is 83.5 Å². The Morgan fingerprint density at radius 1 is 1.30 bits per heavy atom. The van der Waals surface area contributed by atoms with Gasteiger partial charge in [-0.3, -0.25) is 4.79 Å². The first kappa shape index (κ1) is 17.6. The molecule has 1 atom stereocenters. The third-order valence-electron chi connectivity index (χ3n) is 2.57. The lowest BCUT2D eigenvalue weighted by atomic mass is 9.88. The standard InChI is InChI=1S/C12H15Br2NO4S/c1-12(2,3)10(11(16)17)15-20(18,19)9-5-4-7(13)6-8(9)14/h4-6,10,15H,1-3H3,(H,16,17)/t10-/m1/s1. The number of hydrogen-bond acceptors (Lipinski definition) is 3. The monoisotopic (exact) mass is 427 g/mol. The minimum Gasteiger partial charge on any atom is -0.480 e. The summed E-state index contributed by atoms with van der Waals surface area (Å²) >= 11 is 6.39. The van der Waals surface area contributed by atoms with Crippen LogP contribution in [0.3, 0.4) is 0 Å². The number of benzene rings is 1. The van der Waals surface area contributed by atoms with E-state index in [9.17, 15) is 18.3 Å². The number of aliphatic carboxylic acids is 1. The second-order valence-corrected chi connectivity index (χ2v) is 8.79. The van der Waals surface area contributed by atoms with Crippen LogP contribution in [0.2, 0.25) is 0 Å². The molecule has 0 fully saturated rings. The molecule has 0 heterocycles. The van der Waals surface area contributed by atoms with E-state index in [0.717, 1.165) is 0 Å². The first-order valence-electron chi connectivity index (χ1n) is 5.65. The van der Waals surface area contributed by atoms with Crippen LogP contribution in [0.5, 0.6) is 0 Å². The molecule has 0 aliphatic rings. The molecular formula is C12H15Br2NO4S. The van der Waals surface area contributed by atoms with Crippen LogP contribution >= 0.6 is 31.9 Å². The minimum absolute atomic E-state index is 0.00352. The van der Waals surface area contributed by atoms with Gasteiger partial charge in [-0.2, -0.15) is 4.72 Å². The van der Waals surface area contributed by atoms with Crippen LogP contribution < -0.4 is 4.72 Å². The third-order valence-corrected chi connectivity index (χ3v) is 5.46. The van der Waals surface area contributed by atoms with E-state index in [0.29, 0.717) is 8.95 Å². The van der Waals surface area contributed by atoms with Crippen LogP contribution in [0.25, 0.3) is 0 Å². The molecule has 2 N–H and O–H groups in total. The highest BCUT2D eigenvalue weighted by atomic mass is 79.9. The molecule has 0 bridgehead atoms. The summed E-state index contributed by atoms with van der Waals surface area (Å²) < 4.78 is 27.9. The lowest BCUT2D eigenvalue weighted by Crippen LogP contribution is -2.49. The van der Waals surface area contributed by atoms with Gasteiger partial charge in [0.25, 0.3) is 0 Å². The number of nitrogens with one attached hydrogen (secondary N) is 1. The molecule has 1 aromatic carbocycles. The average Bonchev–Trinajstić information content (AvgIpc) is 2.23. The van der Waals surface area contributed by atoms with E-state index in [2.05, 4.69) is 36.6 Å². The van der Waals surface area contributed by atoms with Crippen LogP contribution in [-0.4, -0.2) is 25.5 Å². The lowest BCUT2D eigenvalue weighted by molar-refractivity contribution is -0.141. The van der Waals surface area contributed by atoms with E-state index in [1.165, 1.54) is 6.07 Å². The van der Waals surface area contributed by atoms with Crippen molar-refractivity contribution in [1.82, 2.24) is 4.72 Å². The van der Waals surface area contributed by atoms with E-state index in [1.807, 2.05) is 0 Å². The minimum atomic E-state index is -3.93. The highest BCUT2D eigenvalue weighted by Gasteiger charge is 2.35. The maximum absolute atomic E-state index is 12.3. The van der Waals surface area contributed by atoms with Crippen LogP contribution in [0.4, 0.5) is 0 Å². The van der Waals surface area contributed by atoms with Gasteiger partial charge in [-0.15, -0.1) is 0 Å². The largest absolute Gasteiger partial charge is 0.480 e. The fraction of sp³-hybridized carbons (Fsp3) is 0.417. The number of rotatable bonds is 4. The fourth-order valence-electron chi connectivity index (χ4n) is 1.51. The molecule has 112 valence electrons. The summed E-state index contributed by atoms with van der Waals surface area (Å²) in [5.41, 5.74) is -0.749. The van der Waals surface area contributed by atoms with Crippen molar-refractivity contribution in [3.8, 4) is 0 Å². The predicted molar refractivity (Wildman–Crippen MR) is 83.0 cm³/mol. The van der Waals surface area contributed by atoms with Gasteiger partial charge in [0.15, 0.2) is 0 Å². The zero-order valence-corrected chi connectivity index (χ0v) is 15.1. The number of carboxylic acid groups (broad SMARTS) is 1. The van der Waals surface area contributed by atoms with Crippen molar-refractivity contribution in [3.05, 3.63) is 27.1 Å². The van der Waals surface area contributed by atoms with Gasteiger partial charge in [-0.05, 0) is 39.5 Å². The van der Waals surface area contributed by atoms with Crippen molar-refractivity contribution in [1.29, 1.82) is 0 Å². The highest BCUT2D eigenvalue weighted by molar-refractivity contribution is 9.11. The molecule has 0 spiro atoms. The Hall–Kier alpha value is -0.440. The second-order valence-electron chi connectivity index (χ2n) is 5.33. The normalized spacial score (nSPS) is 14.1.